The van der Waals surface area contributed by atoms with Gasteiger partial charge in [0, 0.05) is 24.2 Å². The highest BCUT2D eigenvalue weighted by Crippen LogP contribution is 2.17. The van der Waals surface area contributed by atoms with E-state index >= 15 is 0 Å². The van der Waals surface area contributed by atoms with E-state index in [0.717, 1.165) is 27.7 Å². The number of carbonyl (C=O) groups is 2. The third-order valence-corrected chi connectivity index (χ3v) is 4.84. The van der Waals surface area contributed by atoms with Crippen LogP contribution in [0, 0.1) is 13.8 Å². The van der Waals surface area contributed by atoms with Crippen molar-refractivity contribution < 1.29 is 14.3 Å². The summed E-state index contributed by atoms with van der Waals surface area (Å²) in [5.74, 6) is -0.652. The topological polar surface area (TPSA) is 81.2 Å². The van der Waals surface area contributed by atoms with Crippen molar-refractivity contribution >= 4 is 23.6 Å². The second-order valence-corrected chi connectivity index (χ2v) is 6.97. The standard InChI is InChI=1S/C20H25N3O3S/c1-13-16(14(2)22-20(21-13)27-4)10-11-18(24)23-17(19(25)26-3)12-15-8-6-5-7-9-15/h5-9,17H,10-12H2,1-4H3,(H,23,24). The first-order chi connectivity index (χ1) is 12.9. The lowest BCUT2D eigenvalue weighted by Gasteiger charge is -2.17. The molecule has 0 aliphatic heterocycles. The maximum Gasteiger partial charge on any atom is 0.328 e. The summed E-state index contributed by atoms with van der Waals surface area (Å²) in [6, 6.07) is 8.83. The Morgan fingerprint density at radius 3 is 2.33 bits per heavy atom. The van der Waals surface area contributed by atoms with Gasteiger partial charge in [0.05, 0.1) is 7.11 Å². The third kappa shape index (κ3) is 6.06. The molecule has 1 atom stereocenters. The number of aromatic nitrogens is 2. The summed E-state index contributed by atoms with van der Waals surface area (Å²) in [5, 5.41) is 3.52. The van der Waals surface area contributed by atoms with Gasteiger partial charge in [-0.1, -0.05) is 42.1 Å². The second-order valence-electron chi connectivity index (χ2n) is 6.19. The van der Waals surface area contributed by atoms with E-state index in [1.165, 1.54) is 18.9 Å². The molecule has 0 spiro atoms. The van der Waals surface area contributed by atoms with Gasteiger partial charge in [0.25, 0.3) is 0 Å². The maximum atomic E-state index is 12.4. The average molecular weight is 388 g/mol. The van der Waals surface area contributed by atoms with E-state index in [1.807, 2.05) is 50.4 Å². The van der Waals surface area contributed by atoms with Gasteiger partial charge >= 0.3 is 5.97 Å². The smallest absolute Gasteiger partial charge is 0.328 e. The Hall–Kier alpha value is -2.41. The Labute approximate surface area is 164 Å². The predicted octanol–water partition coefficient (Wildman–Crippen LogP) is 2.65. The molecule has 1 N–H and O–H groups in total. The third-order valence-electron chi connectivity index (χ3n) is 4.29. The lowest BCUT2D eigenvalue weighted by Crippen LogP contribution is -2.43. The summed E-state index contributed by atoms with van der Waals surface area (Å²) in [6.45, 7) is 3.85. The summed E-state index contributed by atoms with van der Waals surface area (Å²) in [6.07, 6.45) is 3.10. The number of aryl methyl sites for hydroxylation is 2. The van der Waals surface area contributed by atoms with Crippen LogP contribution in [0.4, 0.5) is 0 Å². The van der Waals surface area contributed by atoms with Crippen LogP contribution in [0.3, 0.4) is 0 Å². The minimum atomic E-state index is -0.706. The molecule has 0 fully saturated rings. The predicted molar refractivity (Wildman–Crippen MR) is 106 cm³/mol. The second kappa shape index (κ2) is 10.1. The first-order valence-electron chi connectivity index (χ1n) is 8.73. The molecule has 2 aromatic rings. The summed E-state index contributed by atoms with van der Waals surface area (Å²) >= 11 is 1.49. The number of carbonyl (C=O) groups excluding carboxylic acids is 2. The Balaban J connectivity index is 2.00. The molecular formula is C20H25N3O3S. The summed E-state index contributed by atoms with van der Waals surface area (Å²) in [7, 11) is 1.32. The van der Waals surface area contributed by atoms with Gasteiger partial charge in [-0.2, -0.15) is 0 Å². The van der Waals surface area contributed by atoms with Gasteiger partial charge in [0.15, 0.2) is 5.16 Å². The molecule has 144 valence electrons. The number of nitrogens with zero attached hydrogens (tertiary/aromatic N) is 2. The molecule has 1 amide bonds. The lowest BCUT2D eigenvalue weighted by molar-refractivity contribution is -0.145. The van der Waals surface area contributed by atoms with E-state index < -0.39 is 12.0 Å². The van der Waals surface area contributed by atoms with E-state index in [0.29, 0.717) is 12.8 Å². The zero-order valence-electron chi connectivity index (χ0n) is 16.1. The molecule has 0 radical (unpaired) electrons. The molecule has 0 saturated carbocycles. The highest BCUT2D eigenvalue weighted by Gasteiger charge is 2.22. The minimum Gasteiger partial charge on any atom is -0.467 e. The number of rotatable bonds is 8. The van der Waals surface area contributed by atoms with Gasteiger partial charge in [-0.25, -0.2) is 14.8 Å². The van der Waals surface area contributed by atoms with Crippen molar-refractivity contribution in [3.63, 3.8) is 0 Å². The fraction of sp³-hybridized carbons (Fsp3) is 0.400. The van der Waals surface area contributed by atoms with Gasteiger partial charge < -0.3 is 10.1 Å². The van der Waals surface area contributed by atoms with Crippen LogP contribution >= 0.6 is 11.8 Å². The van der Waals surface area contributed by atoms with E-state index in [2.05, 4.69) is 15.3 Å². The molecule has 0 aliphatic rings. The summed E-state index contributed by atoms with van der Waals surface area (Å²) in [5.41, 5.74) is 3.70. The van der Waals surface area contributed by atoms with Crippen molar-refractivity contribution in [2.24, 2.45) is 0 Å². The van der Waals surface area contributed by atoms with Crippen LogP contribution in [0.25, 0.3) is 0 Å². The van der Waals surface area contributed by atoms with Crippen molar-refractivity contribution in [2.45, 2.75) is 44.3 Å². The van der Waals surface area contributed by atoms with Crippen molar-refractivity contribution in [3.8, 4) is 0 Å². The number of amides is 1. The Bertz CT molecular complexity index is 773. The average Bonchev–Trinajstić information content (AvgIpc) is 2.66. The molecule has 27 heavy (non-hydrogen) atoms. The molecular weight excluding hydrogens is 362 g/mol. The number of ether oxygens (including phenoxy) is 1. The van der Waals surface area contributed by atoms with Crippen molar-refractivity contribution in [1.29, 1.82) is 0 Å². The fourth-order valence-corrected chi connectivity index (χ4v) is 3.31. The van der Waals surface area contributed by atoms with Crippen molar-refractivity contribution in [2.75, 3.05) is 13.4 Å². The van der Waals surface area contributed by atoms with Crippen LogP contribution in [-0.2, 0) is 27.2 Å². The molecule has 0 saturated heterocycles. The molecule has 0 aliphatic carbocycles. The van der Waals surface area contributed by atoms with Crippen LogP contribution in [0.5, 0.6) is 0 Å². The molecule has 7 heteroatoms. The first-order valence-corrected chi connectivity index (χ1v) is 9.96. The summed E-state index contributed by atoms with van der Waals surface area (Å²) in [4.78, 5) is 33.3. The van der Waals surface area contributed by atoms with Gasteiger partial charge in [-0.3, -0.25) is 4.79 Å². The Kier molecular flexibility index (Phi) is 7.79. The normalized spacial score (nSPS) is 11.7. The van der Waals surface area contributed by atoms with E-state index in [1.54, 1.807) is 0 Å². The van der Waals surface area contributed by atoms with E-state index in [-0.39, 0.29) is 12.3 Å². The molecule has 1 aromatic heterocycles. The number of methoxy groups -OCH3 is 1. The molecule has 1 unspecified atom stereocenters. The molecule has 6 nitrogen and oxygen atoms in total. The summed E-state index contributed by atoms with van der Waals surface area (Å²) < 4.78 is 4.84. The highest BCUT2D eigenvalue weighted by molar-refractivity contribution is 7.98. The first kappa shape index (κ1) is 20.9. The number of benzene rings is 1. The van der Waals surface area contributed by atoms with Crippen molar-refractivity contribution in [3.05, 3.63) is 52.8 Å². The number of nitrogens with one attached hydrogen (secondary N) is 1. The quantitative estimate of drug-likeness (QED) is 0.426. The lowest BCUT2D eigenvalue weighted by atomic mass is 10.0. The van der Waals surface area contributed by atoms with Crippen LogP contribution in [0.1, 0.15) is 28.9 Å². The van der Waals surface area contributed by atoms with Gasteiger partial charge in [0.1, 0.15) is 6.04 Å². The SMILES string of the molecule is COC(=O)C(Cc1ccccc1)NC(=O)CCc1c(C)nc(SC)nc1C. The van der Waals surface area contributed by atoms with Crippen LogP contribution < -0.4 is 5.32 Å². The number of hydrogen-bond acceptors (Lipinski definition) is 6. The molecule has 1 heterocycles. The molecule has 2 rings (SSSR count). The largest absolute Gasteiger partial charge is 0.467 e. The zero-order chi connectivity index (χ0) is 19.8. The van der Waals surface area contributed by atoms with Crippen LogP contribution in [0.15, 0.2) is 35.5 Å². The van der Waals surface area contributed by atoms with Gasteiger partial charge in [-0.15, -0.1) is 0 Å². The number of thioether (sulfide) groups is 1. The fourth-order valence-electron chi connectivity index (χ4n) is 2.85. The van der Waals surface area contributed by atoms with Gasteiger partial charge in [-0.05, 0) is 37.7 Å². The highest BCUT2D eigenvalue weighted by atomic mass is 32.2. The monoisotopic (exact) mass is 387 g/mol. The molecule has 0 bridgehead atoms. The number of esters is 1. The van der Waals surface area contributed by atoms with Gasteiger partial charge in [0.2, 0.25) is 5.91 Å². The Morgan fingerprint density at radius 1 is 1.15 bits per heavy atom. The molecule has 1 aromatic carbocycles. The van der Waals surface area contributed by atoms with Crippen LogP contribution in [0.2, 0.25) is 0 Å². The maximum absolute atomic E-state index is 12.4. The number of hydrogen-bond donors (Lipinski definition) is 1. The Morgan fingerprint density at radius 2 is 1.78 bits per heavy atom. The van der Waals surface area contributed by atoms with Crippen molar-refractivity contribution in [1.82, 2.24) is 15.3 Å². The van der Waals surface area contributed by atoms with Crippen LogP contribution in [-0.4, -0.2) is 41.3 Å². The zero-order valence-corrected chi connectivity index (χ0v) is 16.9. The van der Waals surface area contributed by atoms with E-state index in [4.69, 9.17) is 4.74 Å². The van der Waals surface area contributed by atoms with E-state index in [9.17, 15) is 9.59 Å². The minimum absolute atomic E-state index is 0.200.